The van der Waals surface area contributed by atoms with Crippen molar-refractivity contribution < 1.29 is 0 Å². The van der Waals surface area contributed by atoms with Gasteiger partial charge in [-0.3, -0.25) is 0 Å². The molecule has 0 radical (unpaired) electrons. The highest BCUT2D eigenvalue weighted by Gasteiger charge is 2.33. The van der Waals surface area contributed by atoms with E-state index in [0.717, 1.165) is 46.1 Å². The van der Waals surface area contributed by atoms with Gasteiger partial charge in [-0.05, 0) is 65.4 Å². The van der Waals surface area contributed by atoms with Crippen molar-refractivity contribution in [1.82, 2.24) is 0 Å². The van der Waals surface area contributed by atoms with Gasteiger partial charge >= 0.3 is 0 Å². The van der Waals surface area contributed by atoms with Crippen LogP contribution in [0, 0.1) is 0 Å². The quantitative estimate of drug-likeness (QED) is 0.232. The van der Waals surface area contributed by atoms with Gasteiger partial charge in [-0.15, -0.1) is 0 Å². The largest absolute Gasteiger partial charge is 0.399 e. The number of hydrogen-bond donors (Lipinski definition) is 4. The van der Waals surface area contributed by atoms with Gasteiger partial charge < -0.3 is 22.1 Å². The van der Waals surface area contributed by atoms with E-state index in [0.29, 0.717) is 5.92 Å². The molecule has 4 heteroatoms. The molecule has 0 amide bonds. The molecule has 1 aliphatic carbocycles. The molecule has 0 spiro atoms. The van der Waals surface area contributed by atoms with E-state index in [4.69, 9.17) is 11.5 Å². The molecule has 1 atom stereocenters. The number of anilines is 6. The summed E-state index contributed by atoms with van der Waals surface area (Å²) < 4.78 is 0. The van der Waals surface area contributed by atoms with Crippen LogP contribution in [0.2, 0.25) is 0 Å². The van der Waals surface area contributed by atoms with Crippen LogP contribution >= 0.6 is 0 Å². The van der Waals surface area contributed by atoms with Gasteiger partial charge in [0, 0.05) is 22.6 Å². The van der Waals surface area contributed by atoms with Gasteiger partial charge in [0.05, 0.1) is 17.1 Å². The van der Waals surface area contributed by atoms with E-state index < -0.39 is 0 Å². The molecule has 34 heavy (non-hydrogen) atoms. The first-order valence-electron chi connectivity index (χ1n) is 12.0. The Morgan fingerprint density at radius 2 is 1.24 bits per heavy atom. The Morgan fingerprint density at radius 3 is 1.74 bits per heavy atom. The highest BCUT2D eigenvalue weighted by atomic mass is 15.0. The van der Waals surface area contributed by atoms with Crippen LogP contribution in [0.3, 0.4) is 0 Å². The van der Waals surface area contributed by atoms with E-state index >= 15 is 0 Å². The number of nitrogens with two attached hydrogens (primary N) is 2. The normalized spacial score (nSPS) is 13.7. The molecule has 0 bridgehead atoms. The fraction of sp³-hybridized carbons (Fsp3) is 0.200. The summed E-state index contributed by atoms with van der Waals surface area (Å²) in [5.74, 6) is 0.451. The van der Waals surface area contributed by atoms with Gasteiger partial charge in [0.15, 0.2) is 0 Å². The van der Waals surface area contributed by atoms with Crippen LogP contribution in [-0.4, -0.2) is 0 Å². The van der Waals surface area contributed by atoms with E-state index in [1.807, 2.05) is 48.5 Å². The SMILES string of the molecule is CC1Cc2c(N)c(Nc3ccccc3)c(Nc3ccccc3)c(-c3ccc(N)cc3)c21.CCC. The van der Waals surface area contributed by atoms with Crippen LogP contribution in [0.4, 0.5) is 34.1 Å². The fourth-order valence-corrected chi connectivity index (χ4v) is 4.42. The Bertz CT molecular complexity index is 1230. The van der Waals surface area contributed by atoms with Gasteiger partial charge in [-0.1, -0.05) is 75.7 Å². The van der Waals surface area contributed by atoms with Crippen LogP contribution in [0.15, 0.2) is 84.9 Å². The topological polar surface area (TPSA) is 76.1 Å². The minimum Gasteiger partial charge on any atom is -0.399 e. The molecule has 0 saturated heterocycles. The lowest BCUT2D eigenvalue weighted by Crippen LogP contribution is -2.21. The summed E-state index contributed by atoms with van der Waals surface area (Å²) in [7, 11) is 0. The van der Waals surface area contributed by atoms with Crippen LogP contribution in [0.5, 0.6) is 0 Å². The van der Waals surface area contributed by atoms with E-state index in [1.165, 1.54) is 23.1 Å². The molecule has 0 aromatic heterocycles. The standard InChI is InChI=1S/C27H26N4.C3H8/c1-17-16-22-23(17)24(18-12-14-19(28)15-13-18)26(30-20-8-4-2-5-9-20)27(25(22)29)31-21-10-6-3-7-11-21;1-3-2/h2-15,17,30-31H,16,28-29H2,1H3;3H2,1-2H3. The van der Waals surface area contributed by atoms with Crippen LogP contribution in [0.25, 0.3) is 11.1 Å². The van der Waals surface area contributed by atoms with Crippen molar-refractivity contribution in [2.75, 3.05) is 22.1 Å². The van der Waals surface area contributed by atoms with E-state index in [9.17, 15) is 0 Å². The van der Waals surface area contributed by atoms with Crippen molar-refractivity contribution in [2.45, 2.75) is 39.5 Å². The summed E-state index contributed by atoms with van der Waals surface area (Å²) in [6.07, 6.45) is 2.23. The zero-order chi connectivity index (χ0) is 24.1. The van der Waals surface area contributed by atoms with E-state index in [-0.39, 0.29) is 0 Å². The van der Waals surface area contributed by atoms with Gasteiger partial charge in [-0.25, -0.2) is 0 Å². The lowest BCUT2D eigenvalue weighted by atomic mass is 9.72. The second-order valence-corrected chi connectivity index (χ2v) is 8.85. The number of para-hydroxylation sites is 2. The lowest BCUT2D eigenvalue weighted by molar-refractivity contribution is 0.673. The number of fused-ring (bicyclic) bond motifs is 1. The first-order chi connectivity index (χ1) is 16.5. The highest BCUT2D eigenvalue weighted by molar-refractivity contribution is 6.01. The average Bonchev–Trinajstić information content (AvgIpc) is 2.84. The van der Waals surface area contributed by atoms with Gasteiger partial charge in [0.25, 0.3) is 0 Å². The zero-order valence-electron chi connectivity index (χ0n) is 20.2. The molecular weight excluding hydrogens is 416 g/mol. The number of hydrogen-bond acceptors (Lipinski definition) is 4. The van der Waals surface area contributed by atoms with Crippen LogP contribution in [-0.2, 0) is 6.42 Å². The monoisotopic (exact) mass is 450 g/mol. The molecular formula is C30H34N4. The van der Waals surface area contributed by atoms with Crippen molar-refractivity contribution in [3.63, 3.8) is 0 Å². The third kappa shape index (κ3) is 4.72. The fourth-order valence-electron chi connectivity index (χ4n) is 4.42. The van der Waals surface area contributed by atoms with Crippen molar-refractivity contribution in [1.29, 1.82) is 0 Å². The molecule has 1 aliphatic rings. The zero-order valence-corrected chi connectivity index (χ0v) is 20.2. The molecule has 5 rings (SSSR count). The van der Waals surface area contributed by atoms with Gasteiger partial charge in [0.2, 0.25) is 0 Å². The van der Waals surface area contributed by atoms with Crippen molar-refractivity contribution in [3.8, 4) is 11.1 Å². The Hall–Kier alpha value is -3.92. The highest BCUT2D eigenvalue weighted by Crippen LogP contribution is 2.54. The summed E-state index contributed by atoms with van der Waals surface area (Å²) in [4.78, 5) is 0. The molecule has 4 nitrogen and oxygen atoms in total. The maximum absolute atomic E-state index is 6.75. The minimum absolute atomic E-state index is 0.451. The molecule has 4 aromatic carbocycles. The molecule has 6 N–H and O–H groups in total. The summed E-state index contributed by atoms with van der Waals surface area (Å²) in [5, 5.41) is 7.25. The Kier molecular flexibility index (Phi) is 7.07. The summed E-state index contributed by atoms with van der Waals surface area (Å²) in [6.45, 7) is 6.51. The number of rotatable bonds is 5. The predicted octanol–water partition coefficient (Wildman–Crippen LogP) is 8.08. The Morgan fingerprint density at radius 1 is 0.735 bits per heavy atom. The molecule has 0 fully saturated rings. The summed E-state index contributed by atoms with van der Waals surface area (Å²) in [5.41, 5.74) is 23.1. The first-order valence-corrected chi connectivity index (χ1v) is 12.0. The molecule has 0 heterocycles. The summed E-state index contributed by atoms with van der Waals surface area (Å²) in [6, 6.07) is 28.5. The van der Waals surface area contributed by atoms with Gasteiger partial charge in [0.1, 0.15) is 0 Å². The first kappa shape index (κ1) is 23.2. The Balaban J connectivity index is 0.000000868. The number of nitrogen functional groups attached to an aromatic ring is 2. The van der Waals surface area contributed by atoms with Crippen LogP contribution in [0.1, 0.15) is 44.2 Å². The second-order valence-electron chi connectivity index (χ2n) is 8.85. The molecule has 174 valence electrons. The Labute approximate surface area is 203 Å². The molecule has 0 saturated carbocycles. The van der Waals surface area contributed by atoms with Crippen molar-refractivity contribution in [3.05, 3.63) is 96.1 Å². The minimum atomic E-state index is 0.451. The van der Waals surface area contributed by atoms with Crippen molar-refractivity contribution >= 4 is 34.1 Å². The third-order valence-corrected chi connectivity index (χ3v) is 5.98. The number of benzene rings is 4. The number of nitrogens with one attached hydrogen (secondary N) is 2. The van der Waals surface area contributed by atoms with E-state index in [1.54, 1.807) is 0 Å². The van der Waals surface area contributed by atoms with Gasteiger partial charge in [-0.2, -0.15) is 0 Å². The second kappa shape index (κ2) is 10.3. The molecule has 0 aliphatic heterocycles. The van der Waals surface area contributed by atoms with E-state index in [2.05, 4.69) is 67.8 Å². The average molecular weight is 451 g/mol. The smallest absolute Gasteiger partial charge is 0.0866 e. The van der Waals surface area contributed by atoms with Crippen molar-refractivity contribution in [2.24, 2.45) is 0 Å². The third-order valence-electron chi connectivity index (χ3n) is 5.98. The maximum atomic E-state index is 6.75. The maximum Gasteiger partial charge on any atom is 0.0866 e. The van der Waals surface area contributed by atoms with Crippen LogP contribution < -0.4 is 22.1 Å². The lowest BCUT2D eigenvalue weighted by Gasteiger charge is -2.35. The molecule has 4 aromatic rings. The predicted molar refractivity (Wildman–Crippen MR) is 148 cm³/mol. The molecule has 1 unspecified atom stereocenters. The summed E-state index contributed by atoms with van der Waals surface area (Å²) >= 11 is 0.